The number of ether oxygens (including phenoxy) is 1. The highest BCUT2D eigenvalue weighted by atomic mass is 32.2. The zero-order valence-corrected chi connectivity index (χ0v) is 14.8. The molecule has 0 spiro atoms. The lowest BCUT2D eigenvalue weighted by Gasteiger charge is -2.09. The van der Waals surface area contributed by atoms with E-state index in [0.29, 0.717) is 0 Å². The van der Waals surface area contributed by atoms with E-state index in [1.165, 1.54) is 25.1 Å². The lowest BCUT2D eigenvalue weighted by molar-refractivity contribution is 0.414. The first-order valence-electron chi connectivity index (χ1n) is 7.40. The van der Waals surface area contributed by atoms with Gasteiger partial charge in [0.2, 0.25) is 0 Å². The maximum atomic E-state index is 5.22. The topological polar surface area (TPSA) is 9.23 Å². The molecule has 0 bridgehead atoms. The second-order valence-corrected chi connectivity index (χ2v) is 7.37. The summed E-state index contributed by atoms with van der Waals surface area (Å²) < 4.78 is 5.22. The Kier molecular flexibility index (Phi) is 5.31. The number of rotatable bonds is 5. The minimum absolute atomic E-state index is 0.886. The molecular formula is C20H18OS2. The summed E-state index contributed by atoms with van der Waals surface area (Å²) in [5.74, 6) is 0.886. The average Bonchev–Trinajstić information content (AvgIpc) is 2.59. The van der Waals surface area contributed by atoms with E-state index < -0.39 is 0 Å². The van der Waals surface area contributed by atoms with E-state index in [1.54, 1.807) is 30.6 Å². The third-order valence-electron chi connectivity index (χ3n) is 3.39. The van der Waals surface area contributed by atoms with Crippen LogP contribution < -0.4 is 4.74 Å². The molecule has 0 fully saturated rings. The van der Waals surface area contributed by atoms with Crippen molar-refractivity contribution in [1.29, 1.82) is 0 Å². The summed E-state index contributed by atoms with van der Waals surface area (Å²) in [4.78, 5) is 5.02. The fourth-order valence-electron chi connectivity index (χ4n) is 2.12. The largest absolute Gasteiger partial charge is 0.497 e. The molecule has 0 aliphatic carbocycles. The third-order valence-corrected chi connectivity index (χ3v) is 5.68. The molecule has 23 heavy (non-hydrogen) atoms. The lowest BCUT2D eigenvalue weighted by atomic mass is 10.2. The number of methoxy groups -OCH3 is 1. The molecule has 0 radical (unpaired) electrons. The van der Waals surface area contributed by atoms with Crippen LogP contribution in [-0.4, -0.2) is 7.11 Å². The van der Waals surface area contributed by atoms with Crippen molar-refractivity contribution in [2.75, 3.05) is 7.11 Å². The van der Waals surface area contributed by atoms with E-state index in [2.05, 4.69) is 67.6 Å². The van der Waals surface area contributed by atoms with Gasteiger partial charge in [-0.05, 0) is 55.5 Å². The van der Waals surface area contributed by atoms with E-state index in [0.717, 1.165) is 5.75 Å². The van der Waals surface area contributed by atoms with E-state index in [9.17, 15) is 0 Å². The Labute approximate surface area is 146 Å². The second-order valence-electron chi connectivity index (χ2n) is 5.14. The van der Waals surface area contributed by atoms with Crippen molar-refractivity contribution in [3.63, 3.8) is 0 Å². The summed E-state index contributed by atoms with van der Waals surface area (Å²) in [6.07, 6.45) is 0. The molecular weight excluding hydrogens is 320 g/mol. The zero-order chi connectivity index (χ0) is 16.1. The van der Waals surface area contributed by atoms with Crippen LogP contribution in [0.4, 0.5) is 0 Å². The molecule has 0 unspecified atom stereocenters. The fourth-order valence-corrected chi connectivity index (χ4v) is 4.06. The van der Waals surface area contributed by atoms with Crippen molar-refractivity contribution in [3.05, 3.63) is 78.4 Å². The van der Waals surface area contributed by atoms with Gasteiger partial charge < -0.3 is 4.74 Å². The Bertz CT molecular complexity index is 764. The minimum Gasteiger partial charge on any atom is -0.497 e. The highest BCUT2D eigenvalue weighted by Gasteiger charge is 2.06. The first-order valence-corrected chi connectivity index (χ1v) is 9.03. The molecule has 0 saturated heterocycles. The van der Waals surface area contributed by atoms with Gasteiger partial charge in [-0.2, -0.15) is 0 Å². The molecule has 0 aliphatic rings. The van der Waals surface area contributed by atoms with E-state index >= 15 is 0 Å². The van der Waals surface area contributed by atoms with Gasteiger partial charge in [0.15, 0.2) is 0 Å². The first-order chi connectivity index (χ1) is 11.2. The highest BCUT2D eigenvalue weighted by Crippen LogP contribution is 2.38. The summed E-state index contributed by atoms with van der Waals surface area (Å²) in [5, 5.41) is 0. The number of hydrogen-bond donors (Lipinski definition) is 0. The van der Waals surface area contributed by atoms with Crippen molar-refractivity contribution in [1.82, 2.24) is 0 Å². The van der Waals surface area contributed by atoms with Gasteiger partial charge in [-0.15, -0.1) is 0 Å². The van der Waals surface area contributed by atoms with E-state index in [-0.39, 0.29) is 0 Å². The predicted octanol–water partition coefficient (Wildman–Crippen LogP) is 6.31. The van der Waals surface area contributed by atoms with Gasteiger partial charge in [0.05, 0.1) is 7.11 Å². The highest BCUT2D eigenvalue weighted by molar-refractivity contribution is 8.02. The SMILES string of the molecule is COc1ccc(Sc2ccccc2Sc2ccc(C)cc2)cc1. The van der Waals surface area contributed by atoms with Crippen LogP contribution in [-0.2, 0) is 0 Å². The van der Waals surface area contributed by atoms with Crippen molar-refractivity contribution >= 4 is 23.5 Å². The van der Waals surface area contributed by atoms with Crippen molar-refractivity contribution < 1.29 is 4.74 Å². The van der Waals surface area contributed by atoms with Crippen LogP contribution in [0.15, 0.2) is 92.4 Å². The molecule has 116 valence electrons. The Hall–Kier alpha value is -1.84. The zero-order valence-electron chi connectivity index (χ0n) is 13.2. The van der Waals surface area contributed by atoms with Crippen molar-refractivity contribution in [3.8, 4) is 5.75 Å². The summed E-state index contributed by atoms with van der Waals surface area (Å²) in [6.45, 7) is 2.11. The Morgan fingerprint density at radius 2 is 1.13 bits per heavy atom. The molecule has 0 aliphatic heterocycles. The average molecular weight is 338 g/mol. The van der Waals surface area contributed by atoms with Crippen LogP contribution in [0.1, 0.15) is 5.56 Å². The lowest BCUT2D eigenvalue weighted by Crippen LogP contribution is -1.83. The minimum atomic E-state index is 0.886. The maximum Gasteiger partial charge on any atom is 0.118 e. The molecule has 0 saturated carbocycles. The number of aryl methyl sites for hydroxylation is 1. The molecule has 0 heterocycles. The molecule has 3 rings (SSSR count). The van der Waals surface area contributed by atoms with Gasteiger partial charge in [-0.1, -0.05) is 53.4 Å². The van der Waals surface area contributed by atoms with Crippen molar-refractivity contribution in [2.45, 2.75) is 26.5 Å². The number of benzene rings is 3. The molecule has 0 N–H and O–H groups in total. The summed E-state index contributed by atoms with van der Waals surface area (Å²) in [7, 11) is 1.69. The second kappa shape index (κ2) is 7.62. The Morgan fingerprint density at radius 3 is 1.61 bits per heavy atom. The van der Waals surface area contributed by atoms with E-state index in [1.807, 2.05) is 12.1 Å². The van der Waals surface area contributed by atoms with Gasteiger partial charge in [-0.3, -0.25) is 0 Å². The quantitative estimate of drug-likeness (QED) is 0.540. The van der Waals surface area contributed by atoms with Crippen LogP contribution in [0.2, 0.25) is 0 Å². The summed E-state index contributed by atoms with van der Waals surface area (Å²) in [5.41, 5.74) is 1.29. The van der Waals surface area contributed by atoms with Crippen molar-refractivity contribution in [2.24, 2.45) is 0 Å². The van der Waals surface area contributed by atoms with Gasteiger partial charge in [0.25, 0.3) is 0 Å². The molecule has 1 nitrogen and oxygen atoms in total. The summed E-state index contributed by atoms with van der Waals surface area (Å²) >= 11 is 3.58. The standard InChI is InChI=1S/C20H18OS2/c1-15-7-11-17(12-8-15)22-19-5-3-4-6-20(19)23-18-13-9-16(21-2)10-14-18/h3-14H,1-2H3. The number of hydrogen-bond acceptors (Lipinski definition) is 3. The van der Waals surface area contributed by atoms with Gasteiger partial charge in [0, 0.05) is 19.6 Å². The Balaban J connectivity index is 1.80. The first kappa shape index (κ1) is 16.0. The Morgan fingerprint density at radius 1 is 0.652 bits per heavy atom. The van der Waals surface area contributed by atoms with Crippen LogP contribution in [0.25, 0.3) is 0 Å². The molecule has 3 aromatic carbocycles. The third kappa shape index (κ3) is 4.34. The monoisotopic (exact) mass is 338 g/mol. The molecule has 3 heteroatoms. The molecule has 0 atom stereocenters. The van der Waals surface area contributed by atoms with Crippen LogP contribution in [0.5, 0.6) is 5.75 Å². The van der Waals surface area contributed by atoms with Crippen LogP contribution in [0.3, 0.4) is 0 Å². The van der Waals surface area contributed by atoms with Gasteiger partial charge in [0.1, 0.15) is 5.75 Å². The van der Waals surface area contributed by atoms with Gasteiger partial charge >= 0.3 is 0 Å². The van der Waals surface area contributed by atoms with Gasteiger partial charge in [-0.25, -0.2) is 0 Å². The predicted molar refractivity (Wildman–Crippen MR) is 98.9 cm³/mol. The molecule has 3 aromatic rings. The van der Waals surface area contributed by atoms with E-state index in [4.69, 9.17) is 4.74 Å². The molecule has 0 amide bonds. The van der Waals surface area contributed by atoms with Crippen LogP contribution in [0, 0.1) is 6.92 Å². The smallest absolute Gasteiger partial charge is 0.118 e. The maximum absolute atomic E-state index is 5.22. The van der Waals surface area contributed by atoms with Crippen LogP contribution >= 0.6 is 23.5 Å². The normalized spacial score (nSPS) is 10.5. The fraction of sp³-hybridized carbons (Fsp3) is 0.100. The summed E-state index contributed by atoms with van der Waals surface area (Å²) in [6, 6.07) is 25.4. The molecule has 0 aromatic heterocycles.